The zero-order valence-electron chi connectivity index (χ0n) is 8.03. The van der Waals surface area contributed by atoms with Crippen LogP contribution in [0, 0.1) is 5.92 Å². The van der Waals surface area contributed by atoms with Gasteiger partial charge in [-0.1, -0.05) is 6.92 Å². The van der Waals surface area contributed by atoms with Crippen LogP contribution in [0.2, 0.25) is 0 Å². The molecule has 80 valence electrons. The Balaban J connectivity index is 2.60. The Morgan fingerprint density at radius 1 is 1.64 bits per heavy atom. The smallest absolute Gasteiger partial charge is 0.242 e. The Morgan fingerprint density at radius 3 is 2.86 bits per heavy atom. The molecule has 0 aliphatic rings. The molecular weight excluding hydrogens is 202 g/mol. The van der Waals surface area contributed by atoms with Gasteiger partial charge in [-0.05, 0) is 18.5 Å². The number of aromatic amines is 1. The van der Waals surface area contributed by atoms with Crippen LogP contribution in [-0.2, 0) is 10.0 Å². The Labute approximate surface area is 83.8 Å². The first-order chi connectivity index (χ1) is 6.56. The molecule has 0 saturated heterocycles. The second-order valence-electron chi connectivity index (χ2n) is 3.24. The molecule has 0 saturated carbocycles. The Bertz CT molecular complexity index is 358. The van der Waals surface area contributed by atoms with Crippen LogP contribution in [0.3, 0.4) is 0 Å². The summed E-state index contributed by atoms with van der Waals surface area (Å²) in [5, 5.41) is 0. The quantitative estimate of drug-likeness (QED) is 0.643. The zero-order chi connectivity index (χ0) is 10.6. The zero-order valence-corrected chi connectivity index (χ0v) is 8.84. The van der Waals surface area contributed by atoms with Crippen molar-refractivity contribution < 1.29 is 8.42 Å². The lowest BCUT2D eigenvalue weighted by Crippen LogP contribution is -2.31. The fraction of sp³-hybridized carbons (Fsp3) is 0.500. The maximum atomic E-state index is 11.5. The van der Waals surface area contributed by atoms with E-state index in [4.69, 9.17) is 5.73 Å². The predicted octanol–water partition coefficient (Wildman–Crippen LogP) is -0.112. The summed E-state index contributed by atoms with van der Waals surface area (Å²) in [4.78, 5) is 2.95. The highest BCUT2D eigenvalue weighted by Crippen LogP contribution is 2.06. The topological polar surface area (TPSA) is 88.0 Å². The largest absolute Gasteiger partial charge is 0.366 e. The van der Waals surface area contributed by atoms with Crippen molar-refractivity contribution in [3.8, 4) is 0 Å². The summed E-state index contributed by atoms with van der Waals surface area (Å²) < 4.78 is 25.6. The lowest BCUT2D eigenvalue weighted by atomic mass is 10.2. The molecule has 14 heavy (non-hydrogen) atoms. The molecule has 0 aliphatic carbocycles. The maximum Gasteiger partial charge on any atom is 0.242 e. The van der Waals surface area contributed by atoms with Crippen LogP contribution in [0.5, 0.6) is 0 Å². The van der Waals surface area contributed by atoms with E-state index in [2.05, 4.69) is 9.71 Å². The molecule has 1 unspecified atom stereocenters. The molecule has 0 aliphatic heterocycles. The number of sulfonamides is 1. The van der Waals surface area contributed by atoms with Gasteiger partial charge in [0.25, 0.3) is 0 Å². The minimum absolute atomic E-state index is 0.142. The average Bonchev–Trinajstić information content (AvgIpc) is 2.67. The van der Waals surface area contributed by atoms with E-state index >= 15 is 0 Å². The lowest BCUT2D eigenvalue weighted by Gasteiger charge is -2.09. The molecule has 4 N–H and O–H groups in total. The van der Waals surface area contributed by atoms with Crippen LogP contribution in [-0.4, -0.2) is 26.5 Å². The number of H-pyrrole nitrogens is 1. The number of aromatic nitrogens is 1. The molecule has 0 bridgehead atoms. The highest BCUT2D eigenvalue weighted by atomic mass is 32.2. The number of hydrogen-bond acceptors (Lipinski definition) is 3. The molecule has 6 heteroatoms. The van der Waals surface area contributed by atoms with Crippen LogP contribution in [0.4, 0.5) is 0 Å². The molecular formula is C8H15N3O2S. The van der Waals surface area contributed by atoms with Gasteiger partial charge in [0.1, 0.15) is 0 Å². The fourth-order valence-corrected chi connectivity index (χ4v) is 2.04. The van der Waals surface area contributed by atoms with E-state index < -0.39 is 10.0 Å². The summed E-state index contributed by atoms with van der Waals surface area (Å²) in [7, 11) is -3.36. The van der Waals surface area contributed by atoms with Crippen LogP contribution in [0.15, 0.2) is 23.4 Å². The SMILES string of the molecule is CC(CN)CNS(=O)(=O)c1cc[nH]c1. The van der Waals surface area contributed by atoms with Gasteiger partial charge >= 0.3 is 0 Å². The van der Waals surface area contributed by atoms with E-state index in [1.54, 1.807) is 6.20 Å². The van der Waals surface area contributed by atoms with Crippen LogP contribution in [0.25, 0.3) is 0 Å². The monoisotopic (exact) mass is 217 g/mol. The summed E-state index contributed by atoms with van der Waals surface area (Å²) in [6.45, 7) is 2.72. The maximum absolute atomic E-state index is 11.5. The first-order valence-electron chi connectivity index (χ1n) is 4.39. The highest BCUT2D eigenvalue weighted by Gasteiger charge is 2.14. The molecule has 1 aromatic heterocycles. The lowest BCUT2D eigenvalue weighted by molar-refractivity contribution is 0.545. The van der Waals surface area contributed by atoms with Gasteiger partial charge in [0.2, 0.25) is 10.0 Å². The molecule has 0 spiro atoms. The van der Waals surface area contributed by atoms with E-state index in [1.165, 1.54) is 12.3 Å². The third-order valence-electron chi connectivity index (χ3n) is 1.90. The molecule has 0 radical (unpaired) electrons. The second-order valence-corrected chi connectivity index (χ2v) is 5.01. The average molecular weight is 217 g/mol. The van der Waals surface area contributed by atoms with E-state index in [1.807, 2.05) is 6.92 Å². The molecule has 5 nitrogen and oxygen atoms in total. The first-order valence-corrected chi connectivity index (χ1v) is 5.87. The molecule has 0 aromatic carbocycles. The van der Waals surface area contributed by atoms with Gasteiger partial charge in [-0.2, -0.15) is 0 Å². The molecule has 1 aromatic rings. The predicted molar refractivity (Wildman–Crippen MR) is 54.2 cm³/mol. The van der Waals surface area contributed by atoms with Crippen molar-refractivity contribution >= 4 is 10.0 Å². The normalized spacial score (nSPS) is 14.1. The van der Waals surface area contributed by atoms with Crippen molar-refractivity contribution in [2.45, 2.75) is 11.8 Å². The highest BCUT2D eigenvalue weighted by molar-refractivity contribution is 7.89. The minimum Gasteiger partial charge on any atom is -0.366 e. The Hall–Kier alpha value is -0.850. The Morgan fingerprint density at radius 2 is 2.36 bits per heavy atom. The van der Waals surface area contributed by atoms with Crippen molar-refractivity contribution in [1.29, 1.82) is 0 Å². The number of nitrogens with one attached hydrogen (secondary N) is 2. The Kier molecular flexibility index (Phi) is 3.68. The summed E-state index contributed by atoms with van der Waals surface area (Å²) in [5.74, 6) is 0.142. The van der Waals surface area contributed by atoms with E-state index in [9.17, 15) is 8.42 Å². The van der Waals surface area contributed by atoms with Crippen molar-refractivity contribution in [2.24, 2.45) is 11.7 Å². The van der Waals surface area contributed by atoms with Crippen molar-refractivity contribution in [1.82, 2.24) is 9.71 Å². The van der Waals surface area contributed by atoms with Gasteiger partial charge in [-0.3, -0.25) is 0 Å². The van der Waals surface area contributed by atoms with Crippen LogP contribution < -0.4 is 10.5 Å². The third-order valence-corrected chi connectivity index (χ3v) is 3.33. The number of nitrogens with two attached hydrogens (primary N) is 1. The van der Waals surface area contributed by atoms with Crippen LogP contribution in [0.1, 0.15) is 6.92 Å². The summed E-state index contributed by atoms with van der Waals surface area (Å²) >= 11 is 0. The molecule has 0 fully saturated rings. The number of hydrogen-bond donors (Lipinski definition) is 3. The van der Waals surface area contributed by atoms with E-state index in [0.29, 0.717) is 13.1 Å². The second kappa shape index (κ2) is 4.59. The molecule has 1 atom stereocenters. The molecule has 1 rings (SSSR count). The summed E-state index contributed by atoms with van der Waals surface area (Å²) in [6.07, 6.45) is 3.01. The van der Waals surface area contributed by atoms with Gasteiger partial charge in [0.15, 0.2) is 0 Å². The van der Waals surface area contributed by atoms with Crippen LogP contribution >= 0.6 is 0 Å². The number of rotatable bonds is 5. The van der Waals surface area contributed by atoms with Gasteiger partial charge in [0, 0.05) is 18.9 Å². The van der Waals surface area contributed by atoms with Gasteiger partial charge in [-0.15, -0.1) is 0 Å². The van der Waals surface area contributed by atoms with Crippen molar-refractivity contribution in [3.05, 3.63) is 18.5 Å². The third kappa shape index (κ3) is 2.83. The van der Waals surface area contributed by atoms with Gasteiger partial charge < -0.3 is 10.7 Å². The van der Waals surface area contributed by atoms with E-state index in [0.717, 1.165) is 0 Å². The van der Waals surface area contributed by atoms with Gasteiger partial charge in [-0.25, -0.2) is 13.1 Å². The first kappa shape index (κ1) is 11.2. The molecule has 0 amide bonds. The minimum atomic E-state index is -3.36. The molecule has 1 heterocycles. The summed E-state index contributed by atoms with van der Waals surface area (Å²) in [6, 6.07) is 1.51. The fourth-order valence-electron chi connectivity index (χ4n) is 0.894. The standard InChI is InChI=1S/C8H15N3O2S/c1-7(4-9)5-11-14(12,13)8-2-3-10-6-8/h2-3,6-7,10-11H,4-5,9H2,1H3. The summed E-state index contributed by atoms with van der Waals surface area (Å²) in [5.41, 5.74) is 5.38. The van der Waals surface area contributed by atoms with Crippen molar-refractivity contribution in [3.63, 3.8) is 0 Å². The van der Waals surface area contributed by atoms with E-state index in [-0.39, 0.29) is 10.8 Å². The van der Waals surface area contributed by atoms with Crippen molar-refractivity contribution in [2.75, 3.05) is 13.1 Å². The van der Waals surface area contributed by atoms with Gasteiger partial charge in [0.05, 0.1) is 4.90 Å².